The van der Waals surface area contributed by atoms with Crippen molar-refractivity contribution in [3.63, 3.8) is 0 Å². The number of rotatable bonds is 2. The molecule has 0 fully saturated rings. The molecule has 3 heterocycles. The number of nitrogens with zero attached hydrogens (tertiary/aromatic N) is 3. The predicted octanol–water partition coefficient (Wildman–Crippen LogP) is 1.90. The first-order valence-electron chi connectivity index (χ1n) is 5.34. The van der Waals surface area contributed by atoms with E-state index in [2.05, 4.69) is 10.1 Å². The Morgan fingerprint density at radius 3 is 3.06 bits per heavy atom. The zero-order chi connectivity index (χ0) is 12.7. The molecule has 0 aliphatic heterocycles. The van der Waals surface area contributed by atoms with Gasteiger partial charge in [-0.1, -0.05) is 0 Å². The van der Waals surface area contributed by atoms with E-state index in [4.69, 9.17) is 12.2 Å². The van der Waals surface area contributed by atoms with Crippen molar-refractivity contribution >= 4 is 33.8 Å². The number of H-pyrrole nitrogens is 1. The van der Waals surface area contributed by atoms with Gasteiger partial charge in [0.05, 0.1) is 17.8 Å². The predicted molar refractivity (Wildman–Crippen MR) is 73.6 cm³/mol. The number of nitrogens with one attached hydrogen (secondary N) is 1. The Kier molecular flexibility index (Phi) is 2.64. The zero-order valence-corrected chi connectivity index (χ0v) is 11.2. The third-order valence-electron chi connectivity index (χ3n) is 2.83. The second-order valence-electron chi connectivity index (χ2n) is 3.93. The number of hydrogen-bond acceptors (Lipinski definition) is 4. The molecule has 0 aromatic carbocycles. The summed E-state index contributed by atoms with van der Waals surface area (Å²) in [5.74, 6) is 0. The van der Waals surface area contributed by atoms with E-state index in [0.29, 0.717) is 16.0 Å². The number of aromatic amines is 1. The van der Waals surface area contributed by atoms with E-state index in [0.717, 1.165) is 11.2 Å². The average molecular weight is 278 g/mol. The van der Waals surface area contributed by atoms with Crippen LogP contribution in [-0.4, -0.2) is 19.3 Å². The quantitative estimate of drug-likeness (QED) is 0.728. The minimum Gasteiger partial charge on any atom is -0.331 e. The summed E-state index contributed by atoms with van der Waals surface area (Å²) in [5.41, 5.74) is 1.69. The molecule has 0 aliphatic carbocycles. The number of fused-ring (bicyclic) bond motifs is 1. The molecule has 0 amide bonds. The van der Waals surface area contributed by atoms with Crippen molar-refractivity contribution in [1.29, 1.82) is 0 Å². The van der Waals surface area contributed by atoms with Gasteiger partial charge >= 0.3 is 0 Å². The molecule has 0 saturated heterocycles. The van der Waals surface area contributed by atoms with Crippen molar-refractivity contribution in [2.45, 2.75) is 6.54 Å². The molecule has 92 valence electrons. The van der Waals surface area contributed by atoms with Gasteiger partial charge in [-0.25, -0.2) is 0 Å². The van der Waals surface area contributed by atoms with Crippen molar-refractivity contribution in [3.8, 4) is 0 Å². The number of aromatic nitrogens is 4. The van der Waals surface area contributed by atoms with Crippen molar-refractivity contribution in [3.05, 3.63) is 44.5 Å². The highest BCUT2D eigenvalue weighted by Gasteiger charge is 2.08. The lowest BCUT2D eigenvalue weighted by Gasteiger charge is -2.06. The third kappa shape index (κ3) is 1.72. The normalized spacial score (nSPS) is 11.2. The van der Waals surface area contributed by atoms with Crippen LogP contribution in [0.5, 0.6) is 0 Å². The fourth-order valence-electron chi connectivity index (χ4n) is 1.83. The Hall–Kier alpha value is -1.73. The standard InChI is InChI=1S/C11H10N4OS2/c1-14-7(2-4-12-14)6-15-10(16)9-8(3-5-18-9)13-11(15)17/h2-5H,6H2,1H3,(H,13,17). The van der Waals surface area contributed by atoms with Crippen LogP contribution >= 0.6 is 23.6 Å². The summed E-state index contributed by atoms with van der Waals surface area (Å²) >= 11 is 6.65. The number of hydrogen-bond donors (Lipinski definition) is 1. The molecule has 5 nitrogen and oxygen atoms in total. The monoisotopic (exact) mass is 278 g/mol. The first kappa shape index (κ1) is 11.4. The summed E-state index contributed by atoms with van der Waals surface area (Å²) in [7, 11) is 1.84. The summed E-state index contributed by atoms with van der Waals surface area (Å²) in [5, 5.41) is 5.96. The molecule has 3 rings (SSSR count). The smallest absolute Gasteiger partial charge is 0.272 e. The zero-order valence-electron chi connectivity index (χ0n) is 9.58. The summed E-state index contributed by atoms with van der Waals surface area (Å²) in [4.78, 5) is 15.4. The largest absolute Gasteiger partial charge is 0.331 e. The average Bonchev–Trinajstić information content (AvgIpc) is 2.94. The topological polar surface area (TPSA) is 55.6 Å². The third-order valence-corrected chi connectivity index (χ3v) is 4.06. The molecular formula is C11H10N4OS2. The Balaban J connectivity index is 2.20. The maximum Gasteiger partial charge on any atom is 0.272 e. The van der Waals surface area contributed by atoms with E-state index in [9.17, 15) is 4.79 Å². The van der Waals surface area contributed by atoms with Crippen LogP contribution in [0.4, 0.5) is 0 Å². The molecule has 7 heteroatoms. The molecule has 0 aliphatic rings. The molecular weight excluding hydrogens is 268 g/mol. The molecule has 18 heavy (non-hydrogen) atoms. The maximum absolute atomic E-state index is 12.3. The van der Waals surface area contributed by atoms with Crippen molar-refractivity contribution in [2.24, 2.45) is 7.05 Å². The van der Waals surface area contributed by atoms with Crippen LogP contribution in [0.2, 0.25) is 0 Å². The minimum atomic E-state index is -0.0510. The first-order valence-corrected chi connectivity index (χ1v) is 6.63. The van der Waals surface area contributed by atoms with Crippen LogP contribution in [0.1, 0.15) is 5.69 Å². The Morgan fingerprint density at radius 1 is 1.50 bits per heavy atom. The SMILES string of the molecule is Cn1nccc1Cn1c(=S)[nH]c2ccsc2c1=O. The molecule has 3 aromatic rings. The lowest BCUT2D eigenvalue weighted by atomic mass is 10.4. The van der Waals surface area contributed by atoms with Crippen LogP contribution in [0.3, 0.4) is 0 Å². The van der Waals surface area contributed by atoms with E-state index in [1.54, 1.807) is 15.4 Å². The first-order chi connectivity index (χ1) is 8.66. The van der Waals surface area contributed by atoms with Crippen molar-refractivity contribution < 1.29 is 0 Å². The molecule has 0 radical (unpaired) electrons. The summed E-state index contributed by atoms with van der Waals surface area (Å²) in [6.07, 6.45) is 1.71. The van der Waals surface area contributed by atoms with Gasteiger partial charge in [-0.15, -0.1) is 11.3 Å². The van der Waals surface area contributed by atoms with E-state index in [1.165, 1.54) is 11.3 Å². The molecule has 0 bridgehead atoms. The van der Waals surface area contributed by atoms with Crippen molar-refractivity contribution in [1.82, 2.24) is 19.3 Å². The molecule has 0 saturated carbocycles. The number of aryl methyl sites for hydroxylation is 1. The van der Waals surface area contributed by atoms with Crippen LogP contribution in [0.15, 0.2) is 28.5 Å². The second kappa shape index (κ2) is 4.18. The fraction of sp³-hybridized carbons (Fsp3) is 0.182. The van der Waals surface area contributed by atoms with Gasteiger partial charge in [-0.2, -0.15) is 5.10 Å². The van der Waals surface area contributed by atoms with E-state index >= 15 is 0 Å². The van der Waals surface area contributed by atoms with Gasteiger partial charge < -0.3 is 4.98 Å². The molecule has 0 atom stereocenters. The fourth-order valence-corrected chi connectivity index (χ4v) is 2.89. The maximum atomic E-state index is 12.3. The highest BCUT2D eigenvalue weighted by Crippen LogP contribution is 2.14. The summed E-state index contributed by atoms with van der Waals surface area (Å²) in [6, 6.07) is 3.74. The highest BCUT2D eigenvalue weighted by atomic mass is 32.1. The summed E-state index contributed by atoms with van der Waals surface area (Å²) < 4.78 is 4.43. The van der Waals surface area contributed by atoms with Gasteiger partial charge in [-0.05, 0) is 29.7 Å². The van der Waals surface area contributed by atoms with E-state index in [-0.39, 0.29) is 5.56 Å². The van der Waals surface area contributed by atoms with Crippen molar-refractivity contribution in [2.75, 3.05) is 0 Å². The highest BCUT2D eigenvalue weighted by molar-refractivity contribution is 7.71. The Labute approximate surface area is 111 Å². The number of thiophene rings is 1. The van der Waals surface area contributed by atoms with Gasteiger partial charge in [0.15, 0.2) is 4.77 Å². The van der Waals surface area contributed by atoms with Gasteiger partial charge in [-0.3, -0.25) is 14.0 Å². The summed E-state index contributed by atoms with van der Waals surface area (Å²) in [6.45, 7) is 0.429. The van der Waals surface area contributed by atoms with Crippen LogP contribution in [-0.2, 0) is 13.6 Å². The lowest BCUT2D eigenvalue weighted by molar-refractivity contribution is 0.645. The van der Waals surface area contributed by atoms with Gasteiger partial charge in [0.1, 0.15) is 4.70 Å². The molecule has 3 aromatic heterocycles. The van der Waals surface area contributed by atoms with Gasteiger partial charge in [0, 0.05) is 13.2 Å². The molecule has 0 unspecified atom stereocenters. The van der Waals surface area contributed by atoms with Crippen LogP contribution in [0.25, 0.3) is 10.2 Å². The van der Waals surface area contributed by atoms with Gasteiger partial charge in [0.25, 0.3) is 5.56 Å². The van der Waals surface area contributed by atoms with E-state index < -0.39 is 0 Å². The Bertz CT molecular complexity index is 823. The van der Waals surface area contributed by atoms with Gasteiger partial charge in [0.2, 0.25) is 0 Å². The second-order valence-corrected chi connectivity index (χ2v) is 5.23. The molecule has 0 spiro atoms. The Morgan fingerprint density at radius 2 is 2.33 bits per heavy atom. The minimum absolute atomic E-state index is 0.0510. The lowest BCUT2D eigenvalue weighted by Crippen LogP contribution is -2.23. The van der Waals surface area contributed by atoms with Crippen LogP contribution in [0, 0.1) is 4.77 Å². The molecule has 1 N–H and O–H groups in total. The van der Waals surface area contributed by atoms with Crippen LogP contribution < -0.4 is 5.56 Å². The van der Waals surface area contributed by atoms with E-state index in [1.807, 2.05) is 24.6 Å².